The van der Waals surface area contributed by atoms with Crippen LogP contribution in [0.4, 0.5) is 11.6 Å². The monoisotopic (exact) mass is 208 g/mol. The standard InChI is InChI=1S/C10H16N4O/c11-9-1-2-10(13-12-9)14-5-3-8(7-15)4-6-14/h1-2,8,15H,3-7H2,(H2,11,12). The van der Waals surface area contributed by atoms with E-state index >= 15 is 0 Å². The van der Waals surface area contributed by atoms with E-state index in [1.165, 1.54) is 0 Å². The summed E-state index contributed by atoms with van der Waals surface area (Å²) in [6.07, 6.45) is 2.03. The van der Waals surface area contributed by atoms with Crippen LogP contribution < -0.4 is 10.6 Å². The molecular formula is C10H16N4O. The molecule has 2 heterocycles. The fourth-order valence-corrected chi connectivity index (χ4v) is 1.85. The molecule has 1 fully saturated rings. The Kier molecular flexibility index (Phi) is 3.01. The van der Waals surface area contributed by atoms with Crippen LogP contribution in [0.15, 0.2) is 12.1 Å². The average Bonchev–Trinajstić information content (AvgIpc) is 2.30. The molecule has 1 aliphatic heterocycles. The van der Waals surface area contributed by atoms with E-state index in [2.05, 4.69) is 15.1 Å². The summed E-state index contributed by atoms with van der Waals surface area (Å²) >= 11 is 0. The molecule has 0 atom stereocenters. The van der Waals surface area contributed by atoms with Crippen molar-refractivity contribution in [3.63, 3.8) is 0 Å². The Morgan fingerprint density at radius 2 is 2.07 bits per heavy atom. The molecule has 82 valence electrons. The minimum atomic E-state index is 0.293. The third-order valence-corrected chi connectivity index (χ3v) is 2.87. The van der Waals surface area contributed by atoms with Crippen LogP contribution in [0.5, 0.6) is 0 Å². The lowest BCUT2D eigenvalue weighted by atomic mass is 9.98. The van der Waals surface area contributed by atoms with Crippen LogP contribution in [-0.2, 0) is 0 Å². The predicted octanol–water partition coefficient (Wildman–Crippen LogP) is 0.267. The number of hydrogen-bond acceptors (Lipinski definition) is 5. The first-order chi connectivity index (χ1) is 7.29. The lowest BCUT2D eigenvalue weighted by molar-refractivity contribution is 0.202. The fourth-order valence-electron chi connectivity index (χ4n) is 1.85. The summed E-state index contributed by atoms with van der Waals surface area (Å²) in [6.45, 7) is 2.16. The second kappa shape index (κ2) is 4.44. The molecular weight excluding hydrogens is 192 g/mol. The van der Waals surface area contributed by atoms with Crippen LogP contribution in [0.2, 0.25) is 0 Å². The minimum absolute atomic E-state index is 0.293. The number of aliphatic hydroxyl groups is 1. The average molecular weight is 208 g/mol. The van der Waals surface area contributed by atoms with Gasteiger partial charge < -0.3 is 15.7 Å². The van der Waals surface area contributed by atoms with Gasteiger partial charge in [0, 0.05) is 19.7 Å². The van der Waals surface area contributed by atoms with E-state index in [1.807, 2.05) is 6.07 Å². The van der Waals surface area contributed by atoms with Crippen LogP contribution in [0.3, 0.4) is 0 Å². The van der Waals surface area contributed by atoms with E-state index < -0.39 is 0 Å². The Hall–Kier alpha value is -1.36. The molecule has 0 unspecified atom stereocenters. The van der Waals surface area contributed by atoms with Crippen molar-refractivity contribution >= 4 is 11.6 Å². The molecule has 0 aromatic carbocycles. The number of nitrogens with zero attached hydrogens (tertiary/aromatic N) is 3. The highest BCUT2D eigenvalue weighted by Gasteiger charge is 2.19. The topological polar surface area (TPSA) is 75.3 Å². The van der Waals surface area contributed by atoms with Gasteiger partial charge in [-0.25, -0.2) is 0 Å². The molecule has 15 heavy (non-hydrogen) atoms. The van der Waals surface area contributed by atoms with Gasteiger partial charge >= 0.3 is 0 Å². The van der Waals surface area contributed by atoms with Gasteiger partial charge in [0.25, 0.3) is 0 Å². The smallest absolute Gasteiger partial charge is 0.151 e. The number of nitrogens with two attached hydrogens (primary N) is 1. The number of piperidine rings is 1. The first kappa shape index (κ1) is 10.2. The first-order valence-electron chi connectivity index (χ1n) is 5.24. The summed E-state index contributed by atoms with van der Waals surface area (Å²) in [6, 6.07) is 3.65. The quantitative estimate of drug-likeness (QED) is 0.729. The third kappa shape index (κ3) is 2.36. The van der Waals surface area contributed by atoms with Crippen molar-refractivity contribution in [2.45, 2.75) is 12.8 Å². The molecule has 1 aliphatic rings. The van der Waals surface area contributed by atoms with Crippen LogP contribution in [0.25, 0.3) is 0 Å². The Morgan fingerprint density at radius 1 is 1.33 bits per heavy atom. The van der Waals surface area contributed by atoms with E-state index in [0.29, 0.717) is 18.3 Å². The molecule has 3 N–H and O–H groups in total. The van der Waals surface area contributed by atoms with Crippen molar-refractivity contribution in [2.24, 2.45) is 5.92 Å². The zero-order chi connectivity index (χ0) is 10.7. The second-order valence-corrected chi connectivity index (χ2v) is 3.93. The van der Waals surface area contributed by atoms with Crippen LogP contribution in [0, 0.1) is 5.92 Å². The molecule has 0 aliphatic carbocycles. The lowest BCUT2D eigenvalue weighted by Crippen LogP contribution is -2.35. The molecule has 0 saturated carbocycles. The summed E-state index contributed by atoms with van der Waals surface area (Å²) in [5.41, 5.74) is 5.47. The van der Waals surface area contributed by atoms with Gasteiger partial charge in [-0.1, -0.05) is 0 Å². The van der Waals surface area contributed by atoms with E-state index in [9.17, 15) is 0 Å². The van der Waals surface area contributed by atoms with Crippen LogP contribution >= 0.6 is 0 Å². The zero-order valence-corrected chi connectivity index (χ0v) is 8.63. The minimum Gasteiger partial charge on any atom is -0.396 e. The normalized spacial score (nSPS) is 18.1. The molecule has 1 aromatic rings. The van der Waals surface area contributed by atoms with E-state index in [1.54, 1.807) is 6.07 Å². The number of anilines is 2. The Labute approximate surface area is 88.9 Å². The highest BCUT2D eigenvalue weighted by Crippen LogP contribution is 2.20. The summed E-state index contributed by atoms with van der Waals surface area (Å²) in [7, 11) is 0. The summed E-state index contributed by atoms with van der Waals surface area (Å²) in [5, 5.41) is 16.9. The molecule has 1 aromatic heterocycles. The molecule has 2 rings (SSSR count). The number of hydrogen-bond donors (Lipinski definition) is 2. The van der Waals surface area contributed by atoms with Crippen molar-refractivity contribution in [3.8, 4) is 0 Å². The summed E-state index contributed by atoms with van der Waals surface area (Å²) in [5.74, 6) is 1.77. The van der Waals surface area contributed by atoms with E-state index in [-0.39, 0.29) is 0 Å². The molecule has 0 bridgehead atoms. The molecule has 0 amide bonds. The highest BCUT2D eigenvalue weighted by atomic mass is 16.3. The van der Waals surface area contributed by atoms with Gasteiger partial charge in [0.05, 0.1) is 0 Å². The van der Waals surface area contributed by atoms with Crippen molar-refractivity contribution in [1.82, 2.24) is 10.2 Å². The molecule has 1 saturated heterocycles. The van der Waals surface area contributed by atoms with Crippen LogP contribution in [0.1, 0.15) is 12.8 Å². The SMILES string of the molecule is Nc1ccc(N2CCC(CO)CC2)nn1. The van der Waals surface area contributed by atoms with Gasteiger partial charge in [-0.3, -0.25) is 0 Å². The second-order valence-electron chi connectivity index (χ2n) is 3.93. The molecule has 0 radical (unpaired) electrons. The predicted molar refractivity (Wildman–Crippen MR) is 58.5 cm³/mol. The van der Waals surface area contributed by atoms with Gasteiger partial charge in [-0.2, -0.15) is 0 Å². The van der Waals surface area contributed by atoms with Crippen LogP contribution in [-0.4, -0.2) is 35.0 Å². The number of rotatable bonds is 2. The lowest BCUT2D eigenvalue weighted by Gasteiger charge is -2.31. The zero-order valence-electron chi connectivity index (χ0n) is 8.63. The van der Waals surface area contributed by atoms with Crippen molar-refractivity contribution < 1.29 is 5.11 Å². The number of nitrogen functional groups attached to an aromatic ring is 1. The molecule has 5 nitrogen and oxygen atoms in total. The Bertz CT molecular complexity index is 306. The Balaban J connectivity index is 1.98. The number of aliphatic hydroxyl groups excluding tert-OH is 1. The highest BCUT2D eigenvalue weighted by molar-refractivity contribution is 5.41. The van der Waals surface area contributed by atoms with Gasteiger partial charge in [-0.05, 0) is 30.9 Å². The molecule has 0 spiro atoms. The van der Waals surface area contributed by atoms with Crippen molar-refractivity contribution in [2.75, 3.05) is 30.3 Å². The van der Waals surface area contributed by atoms with Gasteiger partial charge in [0.2, 0.25) is 0 Å². The van der Waals surface area contributed by atoms with E-state index in [4.69, 9.17) is 10.8 Å². The third-order valence-electron chi connectivity index (χ3n) is 2.87. The van der Waals surface area contributed by atoms with Crippen molar-refractivity contribution in [1.29, 1.82) is 0 Å². The van der Waals surface area contributed by atoms with Gasteiger partial charge in [-0.15, -0.1) is 10.2 Å². The maximum Gasteiger partial charge on any atom is 0.151 e. The Morgan fingerprint density at radius 3 is 2.60 bits per heavy atom. The maximum absolute atomic E-state index is 9.02. The van der Waals surface area contributed by atoms with E-state index in [0.717, 1.165) is 31.7 Å². The summed E-state index contributed by atoms with van der Waals surface area (Å²) in [4.78, 5) is 2.18. The van der Waals surface area contributed by atoms with Gasteiger partial charge in [0.15, 0.2) is 5.82 Å². The number of aromatic nitrogens is 2. The first-order valence-corrected chi connectivity index (χ1v) is 5.24. The largest absolute Gasteiger partial charge is 0.396 e. The van der Waals surface area contributed by atoms with Crippen molar-refractivity contribution in [3.05, 3.63) is 12.1 Å². The molecule has 5 heteroatoms. The fraction of sp³-hybridized carbons (Fsp3) is 0.600. The van der Waals surface area contributed by atoms with Gasteiger partial charge in [0.1, 0.15) is 5.82 Å². The maximum atomic E-state index is 9.02. The summed E-state index contributed by atoms with van der Waals surface area (Å²) < 4.78 is 0.